The first-order chi connectivity index (χ1) is 11.6. The van der Waals surface area contributed by atoms with E-state index in [9.17, 15) is 9.18 Å². The molecular formula is C18H21FN4O. The maximum atomic E-state index is 12.9. The Morgan fingerprint density at radius 3 is 2.62 bits per heavy atom. The number of carbonyl (C=O) groups excluding carboxylic acids is 1. The standard InChI is InChI=1S/C18H21FN4O/c1-13-10-17(22-12-21-13)23-8-6-15(7-9-23)18(24)20-11-14-2-4-16(19)5-3-14/h2-5,10,12,15H,6-9,11H2,1H3,(H,20,24). The van der Waals surface area contributed by atoms with Gasteiger partial charge in [0.05, 0.1) is 0 Å². The minimum absolute atomic E-state index is 0.0182. The summed E-state index contributed by atoms with van der Waals surface area (Å²) >= 11 is 0. The average molecular weight is 328 g/mol. The summed E-state index contributed by atoms with van der Waals surface area (Å²) in [5.41, 5.74) is 1.85. The van der Waals surface area contributed by atoms with Crippen molar-refractivity contribution in [3.8, 4) is 0 Å². The zero-order chi connectivity index (χ0) is 16.9. The van der Waals surface area contributed by atoms with Crippen LogP contribution >= 0.6 is 0 Å². The fraction of sp³-hybridized carbons (Fsp3) is 0.389. The van der Waals surface area contributed by atoms with Crippen LogP contribution in [-0.2, 0) is 11.3 Å². The maximum absolute atomic E-state index is 12.9. The second-order valence-electron chi connectivity index (χ2n) is 6.12. The van der Waals surface area contributed by atoms with Crippen molar-refractivity contribution in [1.29, 1.82) is 0 Å². The summed E-state index contributed by atoms with van der Waals surface area (Å²) in [4.78, 5) is 22.9. The molecule has 24 heavy (non-hydrogen) atoms. The van der Waals surface area contributed by atoms with Crippen molar-refractivity contribution in [3.05, 3.63) is 53.7 Å². The summed E-state index contributed by atoms with van der Waals surface area (Å²) in [6.07, 6.45) is 3.18. The number of hydrogen-bond donors (Lipinski definition) is 1. The highest BCUT2D eigenvalue weighted by molar-refractivity contribution is 5.79. The fourth-order valence-corrected chi connectivity index (χ4v) is 2.92. The summed E-state index contributed by atoms with van der Waals surface area (Å²) in [5, 5.41) is 2.95. The summed E-state index contributed by atoms with van der Waals surface area (Å²) < 4.78 is 12.9. The van der Waals surface area contributed by atoms with E-state index in [0.29, 0.717) is 6.54 Å². The highest BCUT2D eigenvalue weighted by atomic mass is 19.1. The Morgan fingerprint density at radius 2 is 1.96 bits per heavy atom. The second-order valence-corrected chi connectivity index (χ2v) is 6.12. The quantitative estimate of drug-likeness (QED) is 0.937. The van der Waals surface area contributed by atoms with Gasteiger partial charge in [-0.2, -0.15) is 0 Å². The van der Waals surface area contributed by atoms with Gasteiger partial charge in [-0.3, -0.25) is 4.79 Å². The van der Waals surface area contributed by atoms with Gasteiger partial charge in [-0.05, 0) is 37.5 Å². The van der Waals surface area contributed by atoms with Crippen LogP contribution < -0.4 is 10.2 Å². The lowest BCUT2D eigenvalue weighted by Crippen LogP contribution is -2.40. The summed E-state index contributed by atoms with van der Waals surface area (Å²) in [6.45, 7) is 4.00. The third-order valence-electron chi connectivity index (χ3n) is 4.36. The molecule has 1 N–H and O–H groups in total. The molecule has 1 fully saturated rings. The number of carbonyl (C=O) groups is 1. The molecule has 1 aromatic carbocycles. The molecule has 3 rings (SSSR count). The maximum Gasteiger partial charge on any atom is 0.223 e. The van der Waals surface area contributed by atoms with Gasteiger partial charge in [0.25, 0.3) is 0 Å². The monoisotopic (exact) mass is 328 g/mol. The van der Waals surface area contributed by atoms with E-state index in [-0.39, 0.29) is 17.6 Å². The van der Waals surface area contributed by atoms with Crippen LogP contribution in [0.15, 0.2) is 36.7 Å². The van der Waals surface area contributed by atoms with Crippen molar-refractivity contribution in [2.75, 3.05) is 18.0 Å². The predicted molar refractivity (Wildman–Crippen MR) is 90.0 cm³/mol. The van der Waals surface area contributed by atoms with Crippen LogP contribution in [0.3, 0.4) is 0 Å². The molecule has 5 nitrogen and oxygen atoms in total. The highest BCUT2D eigenvalue weighted by Gasteiger charge is 2.25. The van der Waals surface area contributed by atoms with Gasteiger partial charge in [0.2, 0.25) is 5.91 Å². The third-order valence-corrected chi connectivity index (χ3v) is 4.36. The van der Waals surface area contributed by atoms with E-state index in [1.54, 1.807) is 18.5 Å². The molecule has 0 saturated carbocycles. The van der Waals surface area contributed by atoms with Crippen molar-refractivity contribution in [3.63, 3.8) is 0 Å². The van der Waals surface area contributed by atoms with E-state index in [1.807, 2.05) is 13.0 Å². The van der Waals surface area contributed by atoms with E-state index in [1.165, 1.54) is 12.1 Å². The van der Waals surface area contributed by atoms with Crippen molar-refractivity contribution >= 4 is 11.7 Å². The first kappa shape index (κ1) is 16.4. The van der Waals surface area contributed by atoms with Crippen LogP contribution in [0.25, 0.3) is 0 Å². The Morgan fingerprint density at radius 1 is 1.25 bits per heavy atom. The minimum atomic E-state index is -0.266. The van der Waals surface area contributed by atoms with Crippen LogP contribution in [0.5, 0.6) is 0 Å². The smallest absolute Gasteiger partial charge is 0.223 e. The molecule has 0 aliphatic carbocycles. The van der Waals surface area contributed by atoms with Crippen LogP contribution in [0.2, 0.25) is 0 Å². The summed E-state index contributed by atoms with van der Waals surface area (Å²) in [7, 11) is 0. The topological polar surface area (TPSA) is 58.1 Å². The van der Waals surface area contributed by atoms with Crippen LogP contribution in [0.4, 0.5) is 10.2 Å². The summed E-state index contributed by atoms with van der Waals surface area (Å²) in [6, 6.07) is 8.16. The molecule has 0 atom stereocenters. The number of aromatic nitrogens is 2. The normalized spacial score (nSPS) is 15.3. The van der Waals surface area contributed by atoms with Crippen LogP contribution in [0, 0.1) is 18.7 Å². The Kier molecular flexibility index (Phi) is 5.03. The van der Waals surface area contributed by atoms with Gasteiger partial charge in [0, 0.05) is 37.3 Å². The average Bonchev–Trinajstić information content (AvgIpc) is 2.61. The number of aryl methyl sites for hydroxylation is 1. The van der Waals surface area contributed by atoms with Crippen molar-refractivity contribution in [2.24, 2.45) is 5.92 Å². The molecule has 126 valence electrons. The van der Waals surface area contributed by atoms with Gasteiger partial charge in [-0.15, -0.1) is 0 Å². The van der Waals surface area contributed by atoms with Crippen LogP contribution in [-0.4, -0.2) is 29.0 Å². The Bertz CT molecular complexity index is 696. The summed E-state index contributed by atoms with van der Waals surface area (Å²) in [5.74, 6) is 0.743. The first-order valence-electron chi connectivity index (χ1n) is 8.17. The molecule has 1 amide bonds. The SMILES string of the molecule is Cc1cc(N2CCC(C(=O)NCc3ccc(F)cc3)CC2)ncn1. The second kappa shape index (κ2) is 7.38. The zero-order valence-electron chi connectivity index (χ0n) is 13.7. The number of benzene rings is 1. The van der Waals surface area contributed by atoms with Gasteiger partial charge in [0.1, 0.15) is 18.0 Å². The number of amides is 1. The predicted octanol–water partition coefficient (Wildman–Crippen LogP) is 2.46. The lowest BCUT2D eigenvalue weighted by molar-refractivity contribution is -0.125. The van der Waals surface area contributed by atoms with Crippen molar-refractivity contribution < 1.29 is 9.18 Å². The molecular weight excluding hydrogens is 307 g/mol. The Labute approximate surface area is 140 Å². The number of nitrogens with one attached hydrogen (secondary N) is 1. The van der Waals surface area contributed by atoms with Crippen molar-refractivity contribution in [1.82, 2.24) is 15.3 Å². The molecule has 2 heterocycles. The number of anilines is 1. The molecule has 2 aromatic rings. The number of nitrogens with zero attached hydrogens (tertiary/aromatic N) is 3. The van der Waals surface area contributed by atoms with E-state index < -0.39 is 0 Å². The van der Waals surface area contributed by atoms with Gasteiger partial charge in [-0.25, -0.2) is 14.4 Å². The fourth-order valence-electron chi connectivity index (χ4n) is 2.92. The largest absolute Gasteiger partial charge is 0.356 e. The molecule has 0 bridgehead atoms. The molecule has 6 heteroatoms. The van der Waals surface area contributed by atoms with Crippen molar-refractivity contribution in [2.45, 2.75) is 26.3 Å². The van der Waals surface area contributed by atoms with Gasteiger partial charge >= 0.3 is 0 Å². The van der Waals surface area contributed by atoms with Crippen LogP contribution in [0.1, 0.15) is 24.1 Å². The van der Waals surface area contributed by atoms with Gasteiger partial charge in [0.15, 0.2) is 0 Å². The Balaban J connectivity index is 1.49. The number of rotatable bonds is 4. The minimum Gasteiger partial charge on any atom is -0.356 e. The number of halogens is 1. The number of hydrogen-bond acceptors (Lipinski definition) is 4. The molecule has 1 aromatic heterocycles. The zero-order valence-corrected chi connectivity index (χ0v) is 13.7. The third kappa shape index (κ3) is 4.07. The van der Waals surface area contributed by atoms with E-state index in [4.69, 9.17) is 0 Å². The molecule has 0 spiro atoms. The van der Waals surface area contributed by atoms with E-state index in [2.05, 4.69) is 20.2 Å². The lowest BCUT2D eigenvalue weighted by atomic mass is 9.96. The molecule has 1 saturated heterocycles. The van der Waals surface area contributed by atoms with Gasteiger partial charge in [-0.1, -0.05) is 12.1 Å². The molecule has 0 radical (unpaired) electrons. The number of piperidine rings is 1. The Hall–Kier alpha value is -2.50. The van der Waals surface area contributed by atoms with E-state index in [0.717, 1.165) is 43.0 Å². The first-order valence-corrected chi connectivity index (χ1v) is 8.17. The highest BCUT2D eigenvalue weighted by Crippen LogP contribution is 2.22. The lowest BCUT2D eigenvalue weighted by Gasteiger charge is -2.32. The molecule has 1 aliphatic heterocycles. The molecule has 0 unspecified atom stereocenters. The van der Waals surface area contributed by atoms with E-state index >= 15 is 0 Å². The molecule has 1 aliphatic rings. The van der Waals surface area contributed by atoms with Gasteiger partial charge < -0.3 is 10.2 Å².